The number of ketones is 2. The predicted molar refractivity (Wildman–Crippen MR) is 81.6 cm³/mol. The maximum atomic E-state index is 12.4. The minimum Gasteiger partial charge on any atom is -0.299 e. The number of hydrogen-bond donors (Lipinski definition) is 0. The zero-order valence-corrected chi connectivity index (χ0v) is 13.2. The van der Waals surface area contributed by atoms with Gasteiger partial charge in [0.15, 0.2) is 5.78 Å². The van der Waals surface area contributed by atoms with E-state index < -0.39 is 0 Å². The maximum absolute atomic E-state index is 12.4. The van der Waals surface area contributed by atoms with Gasteiger partial charge in [0.25, 0.3) is 0 Å². The van der Waals surface area contributed by atoms with Crippen LogP contribution in [0.5, 0.6) is 0 Å². The minimum atomic E-state index is -0.0292. The van der Waals surface area contributed by atoms with E-state index in [1.165, 1.54) is 19.3 Å². The number of carbonyl (C=O) groups is 2. The molecule has 0 heterocycles. The van der Waals surface area contributed by atoms with E-state index in [2.05, 4.69) is 19.9 Å². The summed E-state index contributed by atoms with van der Waals surface area (Å²) in [5.74, 6) is 3.37. The van der Waals surface area contributed by atoms with Crippen molar-refractivity contribution in [3.05, 3.63) is 12.2 Å². The van der Waals surface area contributed by atoms with Gasteiger partial charge in [-0.1, -0.05) is 19.9 Å². The SMILES string of the molecule is C[C@]12C=CC(=O)C[C@@H]1CC[C@@H]1[C@@H]2CC[C@]2(C)C(=O)CC[C@@H]12. The van der Waals surface area contributed by atoms with Crippen molar-refractivity contribution >= 4 is 11.6 Å². The van der Waals surface area contributed by atoms with Gasteiger partial charge in [0.2, 0.25) is 0 Å². The zero-order chi connectivity index (χ0) is 14.8. The van der Waals surface area contributed by atoms with Crippen LogP contribution in [0.3, 0.4) is 0 Å². The Morgan fingerprint density at radius 3 is 2.67 bits per heavy atom. The highest BCUT2D eigenvalue weighted by Gasteiger charge is 2.59. The fourth-order valence-electron chi connectivity index (χ4n) is 6.41. The molecule has 0 spiro atoms. The molecule has 0 aromatic heterocycles. The highest BCUT2D eigenvalue weighted by atomic mass is 16.1. The number of fused-ring (bicyclic) bond motifs is 5. The van der Waals surface area contributed by atoms with Crippen molar-refractivity contribution in [2.45, 2.75) is 58.8 Å². The van der Waals surface area contributed by atoms with E-state index in [9.17, 15) is 9.59 Å². The largest absolute Gasteiger partial charge is 0.299 e. The molecule has 0 unspecified atom stereocenters. The molecule has 6 atom stereocenters. The summed E-state index contributed by atoms with van der Waals surface area (Å²) in [4.78, 5) is 24.1. The number of carbonyl (C=O) groups excluding carboxylic acids is 2. The van der Waals surface area contributed by atoms with Gasteiger partial charge in [-0.2, -0.15) is 0 Å². The van der Waals surface area contributed by atoms with E-state index in [4.69, 9.17) is 0 Å². The molecule has 0 aliphatic heterocycles. The van der Waals surface area contributed by atoms with Crippen LogP contribution in [0.4, 0.5) is 0 Å². The normalized spacial score (nSPS) is 52.3. The molecular weight excluding hydrogens is 260 g/mol. The topological polar surface area (TPSA) is 34.1 Å². The summed E-state index contributed by atoms with van der Waals surface area (Å²) in [6, 6.07) is 0. The first kappa shape index (κ1) is 13.7. The monoisotopic (exact) mass is 286 g/mol. The Bertz CT molecular complexity index is 534. The van der Waals surface area contributed by atoms with E-state index in [1.807, 2.05) is 6.08 Å². The second kappa shape index (κ2) is 4.30. The van der Waals surface area contributed by atoms with Crippen LogP contribution in [0.15, 0.2) is 12.2 Å². The highest BCUT2D eigenvalue weighted by Crippen LogP contribution is 2.64. The van der Waals surface area contributed by atoms with Crippen LogP contribution in [0.1, 0.15) is 58.8 Å². The van der Waals surface area contributed by atoms with E-state index in [0.29, 0.717) is 35.2 Å². The van der Waals surface area contributed by atoms with Gasteiger partial charge in [-0.3, -0.25) is 9.59 Å². The Morgan fingerprint density at radius 1 is 1.05 bits per heavy atom. The van der Waals surface area contributed by atoms with Crippen molar-refractivity contribution < 1.29 is 9.59 Å². The van der Waals surface area contributed by atoms with Crippen LogP contribution in [0.25, 0.3) is 0 Å². The van der Waals surface area contributed by atoms with Gasteiger partial charge in [-0.05, 0) is 67.3 Å². The third-order valence-corrected chi connectivity index (χ3v) is 7.75. The fourth-order valence-corrected chi connectivity index (χ4v) is 6.41. The van der Waals surface area contributed by atoms with Crippen LogP contribution >= 0.6 is 0 Å². The second-order valence-corrected chi connectivity index (χ2v) is 8.44. The van der Waals surface area contributed by atoms with Gasteiger partial charge in [-0.25, -0.2) is 0 Å². The number of allylic oxidation sites excluding steroid dienone is 2. The van der Waals surface area contributed by atoms with Crippen LogP contribution in [-0.4, -0.2) is 11.6 Å². The predicted octanol–water partition coefficient (Wildman–Crippen LogP) is 3.94. The molecule has 4 aliphatic carbocycles. The minimum absolute atomic E-state index is 0.0292. The average molecular weight is 286 g/mol. The quantitative estimate of drug-likeness (QED) is 0.676. The number of hydrogen-bond acceptors (Lipinski definition) is 2. The zero-order valence-electron chi connectivity index (χ0n) is 13.2. The van der Waals surface area contributed by atoms with E-state index in [1.54, 1.807) is 0 Å². The average Bonchev–Trinajstić information content (AvgIpc) is 2.76. The summed E-state index contributed by atoms with van der Waals surface area (Å²) in [7, 11) is 0. The van der Waals surface area contributed by atoms with Gasteiger partial charge in [0.1, 0.15) is 5.78 Å². The third kappa shape index (κ3) is 1.71. The lowest BCUT2D eigenvalue weighted by Gasteiger charge is -2.57. The lowest BCUT2D eigenvalue weighted by Crippen LogP contribution is -2.52. The van der Waals surface area contributed by atoms with Crippen molar-refractivity contribution in [3.8, 4) is 0 Å². The first-order valence-corrected chi connectivity index (χ1v) is 8.70. The summed E-state index contributed by atoms with van der Waals surface area (Å²) in [6.07, 6.45) is 11.4. The maximum Gasteiger partial charge on any atom is 0.155 e. The van der Waals surface area contributed by atoms with Gasteiger partial charge in [0, 0.05) is 18.3 Å². The summed E-state index contributed by atoms with van der Waals surface area (Å²) in [6.45, 7) is 4.62. The Morgan fingerprint density at radius 2 is 1.86 bits per heavy atom. The molecule has 0 bridgehead atoms. The summed E-state index contributed by atoms with van der Waals surface area (Å²) in [5.41, 5.74) is 0.169. The molecule has 0 amide bonds. The molecular formula is C19H26O2. The molecule has 0 aromatic carbocycles. The summed E-state index contributed by atoms with van der Waals surface area (Å²) in [5, 5.41) is 0. The fraction of sp³-hybridized carbons (Fsp3) is 0.789. The molecule has 3 saturated carbocycles. The molecule has 2 heteroatoms. The second-order valence-electron chi connectivity index (χ2n) is 8.44. The third-order valence-electron chi connectivity index (χ3n) is 7.75. The van der Waals surface area contributed by atoms with E-state index in [-0.39, 0.29) is 10.8 Å². The standard InChI is InChI=1S/C19H26O2/c1-18-9-7-13(20)11-12(18)3-4-14-15-5-6-17(21)19(15,2)10-8-16(14)18/h7,9,12,14-16H,3-6,8,10-11H2,1-2H3/t12-,14-,15-,16-,18-,19-/m0/s1. The molecule has 4 rings (SSSR count). The molecule has 0 N–H and O–H groups in total. The molecule has 0 aromatic rings. The Kier molecular flexibility index (Phi) is 2.81. The lowest BCUT2D eigenvalue weighted by atomic mass is 9.46. The number of Topliss-reactive ketones (excluding diaryl/α,β-unsaturated/α-hetero) is 1. The van der Waals surface area contributed by atoms with Gasteiger partial charge < -0.3 is 0 Å². The molecule has 4 aliphatic rings. The first-order valence-electron chi connectivity index (χ1n) is 8.70. The van der Waals surface area contributed by atoms with Gasteiger partial charge >= 0.3 is 0 Å². The van der Waals surface area contributed by atoms with Crippen molar-refractivity contribution in [3.63, 3.8) is 0 Å². The lowest BCUT2D eigenvalue weighted by molar-refractivity contribution is -0.135. The van der Waals surface area contributed by atoms with Gasteiger partial charge in [-0.15, -0.1) is 0 Å². The van der Waals surface area contributed by atoms with E-state index in [0.717, 1.165) is 25.7 Å². The molecule has 0 radical (unpaired) electrons. The van der Waals surface area contributed by atoms with E-state index >= 15 is 0 Å². The summed E-state index contributed by atoms with van der Waals surface area (Å²) >= 11 is 0. The molecule has 0 saturated heterocycles. The van der Waals surface area contributed by atoms with Crippen LogP contribution in [0, 0.1) is 34.5 Å². The number of rotatable bonds is 0. The van der Waals surface area contributed by atoms with Crippen molar-refractivity contribution in [2.75, 3.05) is 0 Å². The smallest absolute Gasteiger partial charge is 0.155 e. The van der Waals surface area contributed by atoms with Gasteiger partial charge in [0.05, 0.1) is 0 Å². The molecule has 114 valence electrons. The van der Waals surface area contributed by atoms with Crippen LogP contribution in [0.2, 0.25) is 0 Å². The Labute approximate surface area is 127 Å². The van der Waals surface area contributed by atoms with Crippen LogP contribution in [-0.2, 0) is 9.59 Å². The summed E-state index contributed by atoms with van der Waals surface area (Å²) < 4.78 is 0. The molecule has 2 nitrogen and oxygen atoms in total. The Balaban J connectivity index is 1.70. The van der Waals surface area contributed by atoms with Crippen molar-refractivity contribution in [1.82, 2.24) is 0 Å². The molecule has 21 heavy (non-hydrogen) atoms. The van der Waals surface area contributed by atoms with Crippen molar-refractivity contribution in [2.24, 2.45) is 34.5 Å². The van der Waals surface area contributed by atoms with Crippen molar-refractivity contribution in [1.29, 1.82) is 0 Å². The highest BCUT2D eigenvalue weighted by molar-refractivity contribution is 5.91. The molecule has 3 fully saturated rings. The van der Waals surface area contributed by atoms with Crippen LogP contribution < -0.4 is 0 Å². The first-order chi connectivity index (χ1) is 9.95. The Hall–Kier alpha value is -0.920.